The largest absolute Gasteiger partial charge is 0.480 e. The van der Waals surface area contributed by atoms with Gasteiger partial charge in [-0.3, -0.25) is 4.79 Å². The van der Waals surface area contributed by atoms with E-state index >= 15 is 0 Å². The van der Waals surface area contributed by atoms with Crippen molar-refractivity contribution in [1.29, 1.82) is 0 Å². The van der Waals surface area contributed by atoms with Gasteiger partial charge in [0.25, 0.3) is 0 Å². The number of carbonyl (C=O) groups is 3. The van der Waals surface area contributed by atoms with E-state index in [0.29, 0.717) is 17.0 Å². The monoisotopic (exact) mass is 333 g/mol. The Kier molecular flexibility index (Phi) is 5.02. The van der Waals surface area contributed by atoms with Crippen LogP contribution in [0, 0.1) is 5.92 Å². The zero-order valence-corrected chi connectivity index (χ0v) is 13.0. The first-order chi connectivity index (χ1) is 11.4. The number of benzene rings is 1. The van der Waals surface area contributed by atoms with Crippen LogP contribution >= 0.6 is 0 Å². The third-order valence-electron chi connectivity index (χ3n) is 3.79. The van der Waals surface area contributed by atoms with Gasteiger partial charge in [0.05, 0.1) is 12.0 Å². The zero-order valence-electron chi connectivity index (χ0n) is 13.0. The van der Waals surface area contributed by atoms with Crippen LogP contribution in [-0.4, -0.2) is 46.0 Å². The number of amides is 3. The average molecular weight is 333 g/mol. The van der Waals surface area contributed by atoms with Crippen molar-refractivity contribution in [3.8, 4) is 0 Å². The Morgan fingerprint density at radius 1 is 1.33 bits per heavy atom. The van der Waals surface area contributed by atoms with Crippen LogP contribution in [0.1, 0.15) is 13.3 Å². The normalized spacial score (nSPS) is 20.7. The van der Waals surface area contributed by atoms with Crippen LogP contribution < -0.4 is 16.8 Å². The number of nitrogens with one attached hydrogen (secondary N) is 1. The topological polar surface area (TPSA) is 151 Å². The minimum Gasteiger partial charge on any atom is -0.480 e. The zero-order chi connectivity index (χ0) is 17.9. The highest BCUT2D eigenvalue weighted by Crippen LogP contribution is 2.33. The molecule has 1 fully saturated rings. The summed E-state index contributed by atoms with van der Waals surface area (Å²) >= 11 is 0. The molecular formula is C15H19N5O4. The second kappa shape index (κ2) is 6.99. The summed E-state index contributed by atoms with van der Waals surface area (Å²) in [5.41, 5.74) is 11.1. The van der Waals surface area contributed by atoms with E-state index in [4.69, 9.17) is 11.5 Å². The lowest BCUT2D eigenvalue weighted by Gasteiger charge is -2.44. The van der Waals surface area contributed by atoms with Crippen LogP contribution in [0.3, 0.4) is 0 Å². The number of carboxylic acid groups (broad SMARTS) is 1. The lowest BCUT2D eigenvalue weighted by molar-refractivity contribution is -0.166. The highest BCUT2D eigenvalue weighted by molar-refractivity contribution is 6.11. The molecule has 24 heavy (non-hydrogen) atoms. The Morgan fingerprint density at radius 3 is 2.46 bits per heavy atom. The van der Waals surface area contributed by atoms with Crippen molar-refractivity contribution in [2.45, 2.75) is 25.4 Å². The van der Waals surface area contributed by atoms with Gasteiger partial charge in [0.15, 0.2) is 12.0 Å². The summed E-state index contributed by atoms with van der Waals surface area (Å²) in [5.74, 6) is -3.11. The molecule has 3 amide bonds. The van der Waals surface area contributed by atoms with Crippen molar-refractivity contribution >= 4 is 29.6 Å². The number of urea groups is 1. The number of rotatable bonds is 5. The molecule has 1 heterocycles. The van der Waals surface area contributed by atoms with Gasteiger partial charge in [-0.05, 0) is 18.6 Å². The summed E-state index contributed by atoms with van der Waals surface area (Å²) in [7, 11) is 0. The molecule has 3 atom stereocenters. The number of nitrogens with two attached hydrogens (primary N) is 2. The predicted octanol–water partition coefficient (Wildman–Crippen LogP) is 0.182. The highest BCUT2D eigenvalue weighted by atomic mass is 16.4. The lowest BCUT2D eigenvalue weighted by atomic mass is 9.80. The molecule has 1 aromatic carbocycles. The molecule has 1 saturated heterocycles. The summed E-state index contributed by atoms with van der Waals surface area (Å²) in [5, 5.41) is 11.9. The van der Waals surface area contributed by atoms with Crippen molar-refractivity contribution < 1.29 is 19.5 Å². The second-order valence-corrected chi connectivity index (χ2v) is 5.34. The Hall–Kier alpha value is -3.10. The molecule has 0 aromatic heterocycles. The predicted molar refractivity (Wildman–Crippen MR) is 87.1 cm³/mol. The minimum absolute atomic E-state index is 0.231. The van der Waals surface area contributed by atoms with Gasteiger partial charge in [-0.2, -0.15) is 0 Å². The van der Waals surface area contributed by atoms with Crippen LogP contribution in [0.2, 0.25) is 0 Å². The van der Waals surface area contributed by atoms with Crippen LogP contribution in [0.15, 0.2) is 35.3 Å². The van der Waals surface area contributed by atoms with Crippen molar-refractivity contribution in [2.24, 2.45) is 22.4 Å². The van der Waals surface area contributed by atoms with Gasteiger partial charge in [-0.25, -0.2) is 19.5 Å². The SMILES string of the molecule is CCC(N=C(N)N)[C@H]1C(=O)N(C(=O)Nc2ccccc2)[C@@H]1C(=O)O. The number of para-hydroxylation sites is 1. The highest BCUT2D eigenvalue weighted by Gasteiger charge is 2.57. The smallest absolute Gasteiger partial charge is 0.329 e. The number of carbonyl (C=O) groups excluding carboxylic acids is 2. The van der Waals surface area contributed by atoms with Gasteiger partial charge in [-0.15, -0.1) is 0 Å². The first-order valence-electron chi connectivity index (χ1n) is 7.37. The first kappa shape index (κ1) is 17.3. The number of hydrogen-bond acceptors (Lipinski definition) is 4. The molecular weight excluding hydrogens is 314 g/mol. The number of nitrogens with zero attached hydrogens (tertiary/aromatic N) is 2. The Labute approximate surface area is 138 Å². The summed E-state index contributed by atoms with van der Waals surface area (Å²) in [6.07, 6.45) is 0.367. The molecule has 0 saturated carbocycles. The van der Waals surface area contributed by atoms with E-state index in [-0.39, 0.29) is 5.96 Å². The third kappa shape index (κ3) is 3.29. The second-order valence-electron chi connectivity index (χ2n) is 5.34. The maximum atomic E-state index is 12.3. The summed E-state index contributed by atoms with van der Waals surface area (Å²) < 4.78 is 0. The van der Waals surface area contributed by atoms with Crippen LogP contribution in [0.4, 0.5) is 10.5 Å². The minimum atomic E-state index is -1.31. The van der Waals surface area contributed by atoms with Gasteiger partial charge in [0, 0.05) is 5.69 Å². The number of aliphatic imine (C=N–C) groups is 1. The number of imide groups is 1. The molecule has 0 bridgehead atoms. The van der Waals surface area contributed by atoms with Crippen LogP contribution in [-0.2, 0) is 9.59 Å². The molecule has 1 aliphatic rings. The molecule has 0 aliphatic carbocycles. The number of likely N-dealkylation sites (tertiary alicyclic amines) is 1. The van der Waals surface area contributed by atoms with E-state index in [1.807, 2.05) is 0 Å². The fourth-order valence-electron chi connectivity index (χ4n) is 2.70. The van der Waals surface area contributed by atoms with Gasteiger partial charge in [0.2, 0.25) is 5.91 Å². The quantitative estimate of drug-likeness (QED) is 0.343. The number of guanidine groups is 1. The first-order valence-corrected chi connectivity index (χ1v) is 7.37. The Balaban J connectivity index is 2.20. The molecule has 1 aliphatic heterocycles. The third-order valence-corrected chi connectivity index (χ3v) is 3.79. The van der Waals surface area contributed by atoms with E-state index in [1.165, 1.54) is 0 Å². The maximum Gasteiger partial charge on any atom is 0.329 e. The van der Waals surface area contributed by atoms with E-state index in [9.17, 15) is 19.5 Å². The lowest BCUT2D eigenvalue weighted by Crippen LogP contribution is -2.69. The number of anilines is 1. The van der Waals surface area contributed by atoms with Crippen molar-refractivity contribution in [1.82, 2.24) is 4.90 Å². The maximum absolute atomic E-state index is 12.3. The Bertz CT molecular complexity index is 672. The molecule has 9 nitrogen and oxygen atoms in total. The molecule has 1 unspecified atom stereocenters. The van der Waals surface area contributed by atoms with Crippen molar-refractivity contribution in [2.75, 3.05) is 5.32 Å². The van der Waals surface area contributed by atoms with Gasteiger partial charge < -0.3 is 21.9 Å². The van der Waals surface area contributed by atoms with Crippen LogP contribution in [0.5, 0.6) is 0 Å². The number of aliphatic carboxylic acids is 1. The fraction of sp³-hybridized carbons (Fsp3) is 0.333. The fourth-order valence-corrected chi connectivity index (χ4v) is 2.70. The van der Waals surface area contributed by atoms with Crippen molar-refractivity contribution in [3.05, 3.63) is 30.3 Å². The number of β-lactam (4-membered cyclic amide) rings is 1. The standard InChI is InChI=1S/C15H19N5O4/c1-2-9(19-14(16)17)10-11(13(22)23)20(12(10)21)15(24)18-8-6-4-3-5-7-8/h3-7,9-11H,2H2,1H3,(H,18,24)(H,22,23)(H4,16,17,19)/t9?,10-,11+/m1/s1. The number of carboxylic acids is 1. The van der Waals surface area contributed by atoms with E-state index in [1.54, 1.807) is 37.3 Å². The Morgan fingerprint density at radius 2 is 1.96 bits per heavy atom. The molecule has 128 valence electrons. The van der Waals surface area contributed by atoms with Gasteiger partial charge in [-0.1, -0.05) is 25.1 Å². The molecule has 0 spiro atoms. The molecule has 1 aromatic rings. The van der Waals surface area contributed by atoms with E-state index in [2.05, 4.69) is 10.3 Å². The molecule has 0 radical (unpaired) electrons. The van der Waals surface area contributed by atoms with Crippen molar-refractivity contribution in [3.63, 3.8) is 0 Å². The summed E-state index contributed by atoms with van der Waals surface area (Å²) in [4.78, 5) is 40.7. The molecule has 2 rings (SSSR count). The van der Waals surface area contributed by atoms with E-state index in [0.717, 1.165) is 0 Å². The number of hydrogen-bond donors (Lipinski definition) is 4. The van der Waals surface area contributed by atoms with Crippen LogP contribution in [0.25, 0.3) is 0 Å². The summed E-state index contributed by atoms with van der Waals surface area (Å²) in [6.45, 7) is 1.73. The summed E-state index contributed by atoms with van der Waals surface area (Å²) in [6, 6.07) is 5.64. The van der Waals surface area contributed by atoms with Gasteiger partial charge >= 0.3 is 12.0 Å². The van der Waals surface area contributed by atoms with Gasteiger partial charge in [0.1, 0.15) is 0 Å². The average Bonchev–Trinajstić information content (AvgIpc) is 2.51. The van der Waals surface area contributed by atoms with E-state index < -0.39 is 35.9 Å². The molecule has 9 heteroatoms. The molecule has 6 N–H and O–H groups in total.